The van der Waals surface area contributed by atoms with Gasteiger partial charge in [0.05, 0.1) is 13.7 Å². The number of methoxy groups -OCH3 is 1. The molecule has 2 aromatic carbocycles. The summed E-state index contributed by atoms with van der Waals surface area (Å²) >= 11 is 0. The van der Waals surface area contributed by atoms with Gasteiger partial charge in [-0.15, -0.1) is 0 Å². The summed E-state index contributed by atoms with van der Waals surface area (Å²) in [4.78, 5) is 38.1. The van der Waals surface area contributed by atoms with Gasteiger partial charge >= 0.3 is 0 Å². The van der Waals surface area contributed by atoms with Gasteiger partial charge in [-0.1, -0.05) is 6.07 Å². The Morgan fingerprint density at radius 3 is 2.48 bits per heavy atom. The highest BCUT2D eigenvalue weighted by Gasteiger charge is 2.19. The van der Waals surface area contributed by atoms with Crippen LogP contribution in [0.4, 0.5) is 5.69 Å². The molecule has 1 aliphatic rings. The van der Waals surface area contributed by atoms with Crippen molar-refractivity contribution in [2.75, 3.05) is 32.1 Å². The van der Waals surface area contributed by atoms with Crippen molar-refractivity contribution in [2.45, 2.75) is 32.6 Å². The fourth-order valence-corrected chi connectivity index (χ4v) is 3.48. The standard InChI is InChI=1S/C24H28N2O5/c1-17(27)18-10-11-21(22(16-18)30-2)31-14-6-9-23(28)25-20-8-5-7-19(15-20)24(29)26-12-3-4-13-26/h5,7-8,10-11,15-16H,3-4,6,9,12-14H2,1-2H3,(H,25,28). The second kappa shape index (κ2) is 10.6. The van der Waals surface area contributed by atoms with Crippen molar-refractivity contribution in [3.63, 3.8) is 0 Å². The molecule has 0 saturated carbocycles. The Morgan fingerprint density at radius 2 is 1.77 bits per heavy atom. The van der Waals surface area contributed by atoms with Crippen LogP contribution in [-0.4, -0.2) is 49.3 Å². The molecule has 1 fully saturated rings. The van der Waals surface area contributed by atoms with E-state index in [1.165, 1.54) is 14.0 Å². The maximum absolute atomic E-state index is 12.5. The fraction of sp³-hybridized carbons (Fsp3) is 0.375. The van der Waals surface area contributed by atoms with E-state index in [-0.39, 0.29) is 24.0 Å². The number of Topliss-reactive ketones (excluding diaryl/α,β-unsaturated/α-hetero) is 1. The summed E-state index contributed by atoms with van der Waals surface area (Å²) in [5.41, 5.74) is 1.75. The van der Waals surface area contributed by atoms with E-state index in [0.29, 0.717) is 41.3 Å². The molecule has 0 radical (unpaired) electrons. The Kier molecular flexibility index (Phi) is 7.65. The lowest BCUT2D eigenvalue weighted by Crippen LogP contribution is -2.27. The minimum Gasteiger partial charge on any atom is -0.493 e. The van der Waals surface area contributed by atoms with Crippen molar-refractivity contribution in [1.82, 2.24) is 4.90 Å². The molecule has 164 valence electrons. The molecule has 0 unspecified atom stereocenters. The van der Waals surface area contributed by atoms with E-state index >= 15 is 0 Å². The number of carbonyl (C=O) groups is 3. The first-order valence-electron chi connectivity index (χ1n) is 10.5. The van der Waals surface area contributed by atoms with Crippen LogP contribution in [0.25, 0.3) is 0 Å². The van der Waals surface area contributed by atoms with Crippen molar-refractivity contribution in [3.8, 4) is 11.5 Å². The van der Waals surface area contributed by atoms with Gasteiger partial charge in [0.15, 0.2) is 17.3 Å². The zero-order valence-electron chi connectivity index (χ0n) is 18.0. The van der Waals surface area contributed by atoms with E-state index in [0.717, 1.165) is 25.9 Å². The molecule has 1 heterocycles. The van der Waals surface area contributed by atoms with Crippen LogP contribution in [0.3, 0.4) is 0 Å². The number of rotatable bonds is 9. The largest absolute Gasteiger partial charge is 0.493 e. The van der Waals surface area contributed by atoms with Crippen LogP contribution in [0, 0.1) is 0 Å². The second-order valence-electron chi connectivity index (χ2n) is 7.50. The van der Waals surface area contributed by atoms with Crippen molar-refractivity contribution in [3.05, 3.63) is 53.6 Å². The number of hydrogen-bond donors (Lipinski definition) is 1. The molecule has 3 rings (SSSR count). The predicted molar refractivity (Wildman–Crippen MR) is 118 cm³/mol. The van der Waals surface area contributed by atoms with Crippen LogP contribution in [0.1, 0.15) is 53.3 Å². The summed E-state index contributed by atoms with van der Waals surface area (Å²) in [5.74, 6) is 0.824. The van der Waals surface area contributed by atoms with Crippen LogP contribution in [-0.2, 0) is 4.79 Å². The number of nitrogens with one attached hydrogen (secondary N) is 1. The number of carbonyl (C=O) groups excluding carboxylic acids is 3. The molecule has 7 nitrogen and oxygen atoms in total. The van der Waals surface area contributed by atoms with Crippen LogP contribution >= 0.6 is 0 Å². The number of ether oxygens (including phenoxy) is 2. The molecule has 0 atom stereocenters. The first-order chi connectivity index (χ1) is 15.0. The molecule has 1 aliphatic heterocycles. The lowest BCUT2D eigenvalue weighted by molar-refractivity contribution is -0.116. The Labute approximate surface area is 182 Å². The number of anilines is 1. The highest BCUT2D eigenvalue weighted by molar-refractivity contribution is 5.97. The summed E-state index contributed by atoms with van der Waals surface area (Å²) in [7, 11) is 1.52. The summed E-state index contributed by atoms with van der Waals surface area (Å²) in [6, 6.07) is 12.1. The van der Waals surface area contributed by atoms with Gasteiger partial charge in [0.2, 0.25) is 5.91 Å². The highest BCUT2D eigenvalue weighted by Crippen LogP contribution is 2.28. The van der Waals surface area contributed by atoms with Gasteiger partial charge < -0.3 is 19.7 Å². The number of nitrogens with zero attached hydrogens (tertiary/aromatic N) is 1. The average molecular weight is 424 g/mol. The lowest BCUT2D eigenvalue weighted by Gasteiger charge is -2.16. The Hall–Kier alpha value is -3.35. The van der Waals surface area contributed by atoms with Crippen molar-refractivity contribution < 1.29 is 23.9 Å². The second-order valence-corrected chi connectivity index (χ2v) is 7.50. The molecule has 7 heteroatoms. The quantitative estimate of drug-likeness (QED) is 0.487. The molecule has 2 amide bonds. The highest BCUT2D eigenvalue weighted by atomic mass is 16.5. The summed E-state index contributed by atoms with van der Waals surface area (Å²) in [5, 5.41) is 2.84. The van der Waals surface area contributed by atoms with Gasteiger partial charge in [-0.05, 0) is 62.6 Å². The zero-order valence-corrected chi connectivity index (χ0v) is 18.0. The normalized spacial score (nSPS) is 13.0. The number of hydrogen-bond acceptors (Lipinski definition) is 5. The van der Waals surface area contributed by atoms with E-state index < -0.39 is 0 Å². The van der Waals surface area contributed by atoms with E-state index in [1.807, 2.05) is 4.90 Å². The first-order valence-corrected chi connectivity index (χ1v) is 10.5. The smallest absolute Gasteiger partial charge is 0.253 e. The van der Waals surface area contributed by atoms with Crippen molar-refractivity contribution in [1.29, 1.82) is 0 Å². The van der Waals surface area contributed by atoms with Crippen LogP contribution in [0.5, 0.6) is 11.5 Å². The van der Waals surface area contributed by atoms with Gasteiger partial charge in [0.1, 0.15) is 0 Å². The van der Waals surface area contributed by atoms with Crippen molar-refractivity contribution >= 4 is 23.3 Å². The van der Waals surface area contributed by atoms with E-state index in [9.17, 15) is 14.4 Å². The third kappa shape index (κ3) is 6.07. The van der Waals surface area contributed by atoms with Crippen LogP contribution in [0.15, 0.2) is 42.5 Å². The SMILES string of the molecule is COc1cc(C(C)=O)ccc1OCCCC(=O)Nc1cccc(C(=O)N2CCCC2)c1. The topological polar surface area (TPSA) is 84.9 Å². The fourth-order valence-electron chi connectivity index (χ4n) is 3.48. The van der Waals surface area contributed by atoms with Gasteiger partial charge in [-0.3, -0.25) is 14.4 Å². The minimum atomic E-state index is -0.145. The van der Waals surface area contributed by atoms with Crippen molar-refractivity contribution in [2.24, 2.45) is 0 Å². The minimum absolute atomic E-state index is 0.00624. The molecule has 31 heavy (non-hydrogen) atoms. The van der Waals surface area contributed by atoms with Gasteiger partial charge in [-0.2, -0.15) is 0 Å². The summed E-state index contributed by atoms with van der Waals surface area (Å²) in [6.45, 7) is 3.40. The molecule has 0 spiro atoms. The Morgan fingerprint density at radius 1 is 1.00 bits per heavy atom. The lowest BCUT2D eigenvalue weighted by atomic mass is 10.1. The summed E-state index contributed by atoms with van der Waals surface area (Å²) < 4.78 is 11.0. The zero-order chi connectivity index (χ0) is 22.2. The number of amides is 2. The maximum Gasteiger partial charge on any atom is 0.253 e. The summed E-state index contributed by atoms with van der Waals surface area (Å²) in [6.07, 6.45) is 2.86. The first kappa shape index (κ1) is 22.3. The third-order valence-electron chi connectivity index (χ3n) is 5.16. The van der Waals surface area contributed by atoms with Crippen LogP contribution < -0.4 is 14.8 Å². The van der Waals surface area contributed by atoms with Gasteiger partial charge in [0, 0.05) is 36.3 Å². The van der Waals surface area contributed by atoms with Crippen LogP contribution in [0.2, 0.25) is 0 Å². The average Bonchev–Trinajstić information content (AvgIpc) is 3.31. The maximum atomic E-state index is 12.5. The molecule has 0 aliphatic carbocycles. The predicted octanol–water partition coefficient (Wildman–Crippen LogP) is 3.93. The van der Waals surface area contributed by atoms with E-state index in [2.05, 4.69) is 5.32 Å². The molecule has 1 saturated heterocycles. The third-order valence-corrected chi connectivity index (χ3v) is 5.16. The molecular weight excluding hydrogens is 396 g/mol. The van der Waals surface area contributed by atoms with E-state index in [1.54, 1.807) is 42.5 Å². The monoisotopic (exact) mass is 424 g/mol. The Balaban J connectivity index is 1.47. The van der Waals surface area contributed by atoms with Gasteiger partial charge in [-0.25, -0.2) is 0 Å². The van der Waals surface area contributed by atoms with Gasteiger partial charge in [0.25, 0.3) is 5.91 Å². The molecule has 1 N–H and O–H groups in total. The number of likely N-dealkylation sites (tertiary alicyclic amines) is 1. The molecular formula is C24H28N2O5. The molecule has 2 aromatic rings. The van der Waals surface area contributed by atoms with E-state index in [4.69, 9.17) is 9.47 Å². The number of ketones is 1. The Bertz CT molecular complexity index is 951. The molecule has 0 aromatic heterocycles. The molecule has 0 bridgehead atoms. The number of benzene rings is 2.